The first-order valence-corrected chi connectivity index (χ1v) is 6.47. The number of nitro groups is 1. The van der Waals surface area contributed by atoms with E-state index in [0.717, 1.165) is 5.56 Å². The molecule has 1 unspecified atom stereocenters. The molecule has 0 aliphatic carbocycles. The third-order valence-corrected chi connectivity index (χ3v) is 3.26. The van der Waals surface area contributed by atoms with Crippen LogP contribution < -0.4 is 9.47 Å². The molecule has 2 aromatic carbocycles. The maximum atomic E-state index is 11.5. The molecule has 21 heavy (non-hydrogen) atoms. The van der Waals surface area contributed by atoms with Crippen molar-refractivity contribution in [3.63, 3.8) is 0 Å². The summed E-state index contributed by atoms with van der Waals surface area (Å²) in [7, 11) is 0. The van der Waals surface area contributed by atoms with Crippen LogP contribution >= 0.6 is 0 Å². The maximum Gasteiger partial charge on any atom is 0.556 e. The van der Waals surface area contributed by atoms with E-state index in [9.17, 15) is 10.1 Å². The zero-order valence-corrected chi connectivity index (χ0v) is 11.2. The highest BCUT2D eigenvalue weighted by molar-refractivity contribution is 5.47. The Labute approximate surface area is 121 Å². The van der Waals surface area contributed by atoms with Gasteiger partial charge in [-0.3, -0.25) is 10.1 Å². The van der Waals surface area contributed by atoms with E-state index < -0.39 is 10.8 Å². The van der Waals surface area contributed by atoms with Crippen molar-refractivity contribution in [3.05, 3.63) is 82.4 Å². The molecule has 1 heterocycles. The Kier molecular flexibility index (Phi) is 3.10. The molecule has 2 aromatic rings. The summed E-state index contributed by atoms with van der Waals surface area (Å²) in [4.78, 5) is 11.0. The lowest BCUT2D eigenvalue weighted by atomic mass is 10.1. The zero-order valence-electron chi connectivity index (χ0n) is 11.2. The Morgan fingerprint density at radius 1 is 1.14 bits per heavy atom. The van der Waals surface area contributed by atoms with E-state index in [4.69, 9.17) is 9.47 Å². The number of fused-ring (bicyclic) bond motifs is 1. The summed E-state index contributed by atoms with van der Waals surface area (Å²) in [5.41, 5.74) is 1.30. The largest absolute Gasteiger partial charge is 0.556 e. The number of benzene rings is 2. The van der Waals surface area contributed by atoms with Gasteiger partial charge in [-0.15, -0.1) is 6.58 Å². The minimum atomic E-state index is -2.02. The second-order valence-corrected chi connectivity index (χ2v) is 4.68. The number of hydrogen-bond acceptors (Lipinski definition) is 4. The van der Waals surface area contributed by atoms with Crippen LogP contribution in [0.5, 0.6) is 11.5 Å². The highest BCUT2D eigenvalue weighted by Crippen LogP contribution is 2.44. The van der Waals surface area contributed by atoms with Crippen molar-refractivity contribution in [2.24, 2.45) is 0 Å². The molecule has 0 saturated heterocycles. The van der Waals surface area contributed by atoms with Crippen LogP contribution in [0, 0.1) is 10.1 Å². The third-order valence-electron chi connectivity index (χ3n) is 3.26. The number of rotatable bonds is 4. The van der Waals surface area contributed by atoms with E-state index in [2.05, 4.69) is 6.58 Å². The molecule has 0 amide bonds. The Bertz CT molecular complexity index is 699. The van der Waals surface area contributed by atoms with Crippen LogP contribution in [0.3, 0.4) is 0 Å². The predicted molar refractivity (Wildman–Crippen MR) is 76.7 cm³/mol. The van der Waals surface area contributed by atoms with E-state index >= 15 is 0 Å². The summed E-state index contributed by atoms with van der Waals surface area (Å²) in [6.45, 7) is 3.67. The molecule has 0 bridgehead atoms. The molecular weight excluding hydrogens is 270 g/mol. The molecule has 5 nitrogen and oxygen atoms in total. The standard InChI is InChI=1S/C16H13NO4/c1-2-6-12-9-10-14-15(11-12)21-16(20-14,17(18)19)13-7-4-3-5-8-13/h2-5,7-11H,1,6H2. The van der Waals surface area contributed by atoms with Crippen molar-refractivity contribution in [3.8, 4) is 11.5 Å². The van der Waals surface area contributed by atoms with Gasteiger partial charge in [0.1, 0.15) is 10.5 Å². The van der Waals surface area contributed by atoms with Crippen LogP contribution in [0.2, 0.25) is 0 Å². The fraction of sp³-hybridized carbons (Fsp3) is 0.125. The lowest BCUT2D eigenvalue weighted by Crippen LogP contribution is -2.43. The molecule has 1 aliphatic heterocycles. The van der Waals surface area contributed by atoms with Gasteiger partial charge in [-0.25, -0.2) is 0 Å². The van der Waals surface area contributed by atoms with Crippen molar-refractivity contribution in [1.82, 2.24) is 0 Å². The van der Waals surface area contributed by atoms with Crippen molar-refractivity contribution in [2.75, 3.05) is 0 Å². The van der Waals surface area contributed by atoms with Gasteiger partial charge in [0.15, 0.2) is 11.5 Å². The molecule has 0 saturated carbocycles. The summed E-state index contributed by atoms with van der Waals surface area (Å²) in [6, 6.07) is 13.7. The Balaban J connectivity index is 2.03. The number of ether oxygens (including phenoxy) is 2. The molecule has 5 heteroatoms. The summed E-state index contributed by atoms with van der Waals surface area (Å²) in [5, 5.41) is 11.5. The summed E-state index contributed by atoms with van der Waals surface area (Å²) < 4.78 is 11.1. The van der Waals surface area contributed by atoms with Gasteiger partial charge in [-0.05, 0) is 36.2 Å². The van der Waals surface area contributed by atoms with Crippen LogP contribution in [0.25, 0.3) is 0 Å². The molecule has 0 spiro atoms. The van der Waals surface area contributed by atoms with E-state index in [1.165, 1.54) is 0 Å². The average molecular weight is 283 g/mol. The van der Waals surface area contributed by atoms with Gasteiger partial charge >= 0.3 is 5.91 Å². The van der Waals surface area contributed by atoms with Gasteiger partial charge in [-0.2, -0.15) is 0 Å². The van der Waals surface area contributed by atoms with Gasteiger partial charge in [0, 0.05) is 0 Å². The topological polar surface area (TPSA) is 61.6 Å². The van der Waals surface area contributed by atoms with Crippen LogP contribution in [-0.2, 0) is 12.3 Å². The normalized spacial score (nSPS) is 19.2. The molecule has 3 rings (SSSR count). The van der Waals surface area contributed by atoms with Gasteiger partial charge in [0.25, 0.3) is 0 Å². The van der Waals surface area contributed by atoms with Crippen LogP contribution in [0.15, 0.2) is 61.2 Å². The van der Waals surface area contributed by atoms with Crippen LogP contribution in [-0.4, -0.2) is 4.92 Å². The molecular formula is C16H13NO4. The minimum absolute atomic E-state index is 0.344. The fourth-order valence-corrected chi connectivity index (χ4v) is 2.28. The number of nitrogens with zero attached hydrogens (tertiary/aromatic N) is 1. The second-order valence-electron chi connectivity index (χ2n) is 4.68. The van der Waals surface area contributed by atoms with E-state index in [1.807, 2.05) is 6.07 Å². The summed E-state index contributed by atoms with van der Waals surface area (Å²) >= 11 is 0. The third kappa shape index (κ3) is 2.12. The molecule has 1 atom stereocenters. The summed E-state index contributed by atoms with van der Waals surface area (Å²) in [5.74, 6) is -1.28. The lowest BCUT2D eigenvalue weighted by Gasteiger charge is -2.17. The number of hydrogen-bond donors (Lipinski definition) is 0. The predicted octanol–water partition coefficient (Wildman–Crippen LogP) is 3.27. The monoisotopic (exact) mass is 283 g/mol. The molecule has 106 valence electrons. The van der Waals surface area contributed by atoms with Gasteiger partial charge in [0.2, 0.25) is 0 Å². The van der Waals surface area contributed by atoms with E-state index in [1.54, 1.807) is 48.5 Å². The van der Waals surface area contributed by atoms with Gasteiger partial charge in [0.05, 0.1) is 0 Å². The second kappa shape index (κ2) is 4.94. The molecule has 0 fully saturated rings. The quantitative estimate of drug-likeness (QED) is 0.491. The average Bonchev–Trinajstić information content (AvgIpc) is 2.89. The Morgan fingerprint density at radius 3 is 2.52 bits per heavy atom. The smallest absolute Gasteiger partial charge is 0.388 e. The van der Waals surface area contributed by atoms with Gasteiger partial charge < -0.3 is 9.47 Å². The van der Waals surface area contributed by atoms with Crippen molar-refractivity contribution in [2.45, 2.75) is 12.3 Å². The fourth-order valence-electron chi connectivity index (χ4n) is 2.28. The molecule has 0 N–H and O–H groups in total. The molecule has 0 radical (unpaired) electrons. The van der Waals surface area contributed by atoms with E-state index in [0.29, 0.717) is 23.5 Å². The lowest BCUT2D eigenvalue weighted by molar-refractivity contribution is -0.671. The maximum absolute atomic E-state index is 11.5. The molecule has 1 aliphatic rings. The van der Waals surface area contributed by atoms with E-state index in [-0.39, 0.29) is 0 Å². The van der Waals surface area contributed by atoms with Crippen LogP contribution in [0.1, 0.15) is 11.1 Å². The highest BCUT2D eigenvalue weighted by atomic mass is 16.8. The first-order valence-electron chi connectivity index (χ1n) is 6.47. The highest BCUT2D eigenvalue weighted by Gasteiger charge is 2.56. The first kappa shape index (κ1) is 13.2. The van der Waals surface area contributed by atoms with Gasteiger partial charge in [-0.1, -0.05) is 30.3 Å². The van der Waals surface area contributed by atoms with Crippen LogP contribution in [0.4, 0.5) is 0 Å². The Morgan fingerprint density at radius 2 is 1.86 bits per heavy atom. The van der Waals surface area contributed by atoms with Crippen molar-refractivity contribution >= 4 is 0 Å². The summed E-state index contributed by atoms with van der Waals surface area (Å²) in [6.07, 6.45) is 2.42. The molecule has 0 aromatic heterocycles. The van der Waals surface area contributed by atoms with Crippen molar-refractivity contribution in [1.29, 1.82) is 0 Å². The van der Waals surface area contributed by atoms with Crippen molar-refractivity contribution < 1.29 is 14.4 Å². The zero-order chi connectivity index (χ0) is 14.9. The minimum Gasteiger partial charge on any atom is -0.388 e. The SMILES string of the molecule is C=CCc1ccc2c(c1)OC(c1ccccc1)([N+](=O)[O-])O2. The first-order chi connectivity index (χ1) is 10.2. The Hall–Kier alpha value is -2.82. The number of allylic oxidation sites excluding steroid dienone is 1.